The van der Waals surface area contributed by atoms with E-state index in [1.54, 1.807) is 6.92 Å². The van der Waals surface area contributed by atoms with Crippen LogP contribution < -0.4 is 10.9 Å². The molecule has 2 N–H and O–H groups in total. The highest BCUT2D eigenvalue weighted by Crippen LogP contribution is 2.26. The van der Waals surface area contributed by atoms with Crippen LogP contribution in [0.1, 0.15) is 48.3 Å². The zero-order valence-corrected chi connectivity index (χ0v) is 18.7. The summed E-state index contributed by atoms with van der Waals surface area (Å²) in [5.41, 5.74) is -0.151. The summed E-state index contributed by atoms with van der Waals surface area (Å²) in [7, 11) is 0. The van der Waals surface area contributed by atoms with Gasteiger partial charge in [-0.3, -0.25) is 19.0 Å². The minimum atomic E-state index is -1.71. The van der Waals surface area contributed by atoms with Crippen molar-refractivity contribution in [2.45, 2.75) is 58.5 Å². The van der Waals surface area contributed by atoms with Gasteiger partial charge in [-0.1, -0.05) is 13.8 Å². The van der Waals surface area contributed by atoms with E-state index in [4.69, 9.17) is 0 Å². The van der Waals surface area contributed by atoms with Crippen LogP contribution in [0.25, 0.3) is 11.7 Å². The Bertz CT molecular complexity index is 1190. The number of hydrogen-bond donors (Lipinski definition) is 2. The van der Waals surface area contributed by atoms with Crippen LogP contribution in [0.5, 0.6) is 5.88 Å². The summed E-state index contributed by atoms with van der Waals surface area (Å²) >= 11 is 0. The normalized spacial score (nSPS) is 21.0. The molecule has 178 valence electrons. The lowest BCUT2D eigenvalue weighted by Gasteiger charge is -2.17. The van der Waals surface area contributed by atoms with E-state index in [1.807, 2.05) is 13.8 Å². The Kier molecular flexibility index (Phi) is 5.98. The first-order valence-electron chi connectivity index (χ1n) is 11.0. The predicted octanol–water partition coefficient (Wildman–Crippen LogP) is 1.59. The number of carbonyl (C=O) groups is 2. The van der Waals surface area contributed by atoms with Crippen molar-refractivity contribution in [3.63, 3.8) is 0 Å². The summed E-state index contributed by atoms with van der Waals surface area (Å²) in [5, 5.41) is 17.9. The number of aryl methyl sites for hydroxylation is 1. The van der Waals surface area contributed by atoms with Gasteiger partial charge in [0.1, 0.15) is 5.65 Å². The van der Waals surface area contributed by atoms with E-state index >= 15 is 0 Å². The highest BCUT2D eigenvalue weighted by atomic mass is 19.2. The number of aromatic hydroxyl groups is 1. The molecule has 1 saturated heterocycles. The monoisotopic (exact) mass is 463 g/mol. The lowest BCUT2D eigenvalue weighted by Crippen LogP contribution is -2.34. The number of halogens is 2. The molecule has 2 aromatic rings. The topological polar surface area (TPSA) is 109 Å². The van der Waals surface area contributed by atoms with Gasteiger partial charge in [0.05, 0.1) is 18.8 Å². The van der Waals surface area contributed by atoms with Gasteiger partial charge in [-0.05, 0) is 31.8 Å². The second-order valence-corrected chi connectivity index (χ2v) is 9.10. The van der Waals surface area contributed by atoms with Crippen molar-refractivity contribution in [2.24, 2.45) is 5.92 Å². The maximum Gasteiger partial charge on any atom is 0.291 e. The van der Waals surface area contributed by atoms with Gasteiger partial charge in [-0.2, -0.15) is 9.61 Å². The minimum absolute atomic E-state index is 0.00664. The smallest absolute Gasteiger partial charge is 0.291 e. The third-order valence-corrected chi connectivity index (χ3v) is 5.80. The molecule has 4 rings (SSSR count). The molecule has 0 unspecified atom stereocenters. The number of alkyl halides is 2. The van der Waals surface area contributed by atoms with Crippen LogP contribution in [0.2, 0.25) is 0 Å². The van der Waals surface area contributed by atoms with Crippen LogP contribution in [0, 0.1) is 12.8 Å². The van der Waals surface area contributed by atoms with Gasteiger partial charge in [-0.25, -0.2) is 8.78 Å². The van der Waals surface area contributed by atoms with E-state index in [0.29, 0.717) is 11.3 Å². The Hall–Kier alpha value is -3.24. The molecule has 9 nitrogen and oxygen atoms in total. The third kappa shape index (κ3) is 4.36. The molecule has 11 heteroatoms. The molecule has 0 spiro atoms. The highest BCUT2D eigenvalue weighted by Gasteiger charge is 2.35. The van der Waals surface area contributed by atoms with Gasteiger partial charge >= 0.3 is 0 Å². The van der Waals surface area contributed by atoms with Crippen LogP contribution in [0.4, 0.5) is 8.78 Å². The number of fused-ring (bicyclic) bond motifs is 1. The van der Waals surface area contributed by atoms with Crippen LogP contribution in [0.3, 0.4) is 0 Å². The molecule has 1 aliphatic carbocycles. The van der Waals surface area contributed by atoms with Crippen molar-refractivity contribution in [3.8, 4) is 5.88 Å². The van der Waals surface area contributed by atoms with Crippen LogP contribution in [-0.4, -0.2) is 67.5 Å². The number of hydrogen-bond acceptors (Lipinski definition) is 5. The first kappa shape index (κ1) is 22.9. The van der Waals surface area contributed by atoms with Gasteiger partial charge in [0.15, 0.2) is 17.9 Å². The fourth-order valence-electron chi connectivity index (χ4n) is 3.95. The lowest BCUT2D eigenvalue weighted by molar-refractivity contribution is -0.125. The van der Waals surface area contributed by atoms with Crippen molar-refractivity contribution in [1.29, 1.82) is 0 Å². The lowest BCUT2D eigenvalue weighted by atomic mass is 10.1. The van der Waals surface area contributed by atoms with Crippen molar-refractivity contribution in [3.05, 3.63) is 33.3 Å². The molecule has 2 aromatic heterocycles. The summed E-state index contributed by atoms with van der Waals surface area (Å²) in [6.07, 6.45) is 0.802. The summed E-state index contributed by atoms with van der Waals surface area (Å²) < 4.78 is 29.4. The van der Waals surface area contributed by atoms with Gasteiger partial charge in [-0.15, -0.1) is 0 Å². The molecule has 1 saturated carbocycles. The first-order valence-corrected chi connectivity index (χ1v) is 11.0. The number of amides is 2. The number of nitrogens with one attached hydrogen (secondary N) is 1. The molecular formula is C22H27F2N5O4. The largest absolute Gasteiger partial charge is 0.494 e. The standard InChI is InChI=1S/C22H27F2N5O4/c1-11(2)8-28-20-14(6-7-17(30)27-9-15(23)16(24)10-27)12(3)26-29(20)22(33)18(21(28)32)19(31)25-13-4-5-13/h6-7,11,13,15-16,32H,4-5,8-10H2,1-3H3,(H,25,31)/b7-6+/t15-,16+. The van der Waals surface area contributed by atoms with Crippen LogP contribution >= 0.6 is 0 Å². The van der Waals surface area contributed by atoms with Crippen molar-refractivity contribution in [1.82, 2.24) is 24.4 Å². The maximum atomic E-state index is 13.5. The molecule has 2 aliphatic rings. The Morgan fingerprint density at radius 2 is 1.88 bits per heavy atom. The molecule has 3 heterocycles. The van der Waals surface area contributed by atoms with Gasteiger partial charge < -0.3 is 15.3 Å². The predicted molar refractivity (Wildman–Crippen MR) is 117 cm³/mol. The second-order valence-electron chi connectivity index (χ2n) is 9.10. The number of carbonyl (C=O) groups excluding carboxylic acids is 2. The van der Waals surface area contributed by atoms with E-state index in [2.05, 4.69) is 10.4 Å². The number of nitrogens with zero attached hydrogens (tertiary/aromatic N) is 4. The zero-order chi connectivity index (χ0) is 24.0. The molecule has 33 heavy (non-hydrogen) atoms. The van der Waals surface area contributed by atoms with E-state index in [0.717, 1.165) is 22.3 Å². The average molecular weight is 463 g/mol. The van der Waals surface area contributed by atoms with Crippen LogP contribution in [0.15, 0.2) is 10.9 Å². The minimum Gasteiger partial charge on any atom is -0.494 e. The van der Waals surface area contributed by atoms with Gasteiger partial charge in [0, 0.05) is 24.2 Å². The highest BCUT2D eigenvalue weighted by molar-refractivity contribution is 5.97. The molecule has 2 atom stereocenters. The Labute approximate surface area is 188 Å². The summed E-state index contributed by atoms with van der Waals surface area (Å²) in [6, 6.07) is -0.00664. The third-order valence-electron chi connectivity index (χ3n) is 5.80. The van der Waals surface area contributed by atoms with Crippen molar-refractivity contribution in [2.75, 3.05) is 13.1 Å². The van der Waals surface area contributed by atoms with Crippen molar-refractivity contribution >= 4 is 23.5 Å². The molecule has 0 aromatic carbocycles. The summed E-state index contributed by atoms with van der Waals surface area (Å²) in [4.78, 5) is 39.3. The van der Waals surface area contributed by atoms with Crippen molar-refractivity contribution < 1.29 is 23.5 Å². The quantitative estimate of drug-likeness (QED) is 0.633. The first-order chi connectivity index (χ1) is 15.6. The molecule has 2 amide bonds. The summed E-state index contributed by atoms with van der Waals surface area (Å²) in [5.74, 6) is -1.66. The molecule has 0 bridgehead atoms. The van der Waals surface area contributed by atoms with E-state index in [1.165, 1.54) is 16.7 Å². The van der Waals surface area contributed by atoms with E-state index in [-0.39, 0.29) is 42.8 Å². The SMILES string of the molecule is Cc1nn2c(=O)c(C(=O)NC3CC3)c(O)n(CC(C)C)c2c1/C=C/C(=O)N1C[C@@H](F)[C@@H](F)C1. The molecular weight excluding hydrogens is 436 g/mol. The second kappa shape index (κ2) is 8.60. The summed E-state index contributed by atoms with van der Waals surface area (Å²) in [6.45, 7) is 5.08. The molecule has 1 aliphatic heterocycles. The fraction of sp³-hybridized carbons (Fsp3) is 0.545. The van der Waals surface area contributed by atoms with Gasteiger partial charge in [0.2, 0.25) is 11.8 Å². The number of rotatable bonds is 6. The number of likely N-dealkylation sites (tertiary alicyclic amines) is 1. The van der Waals surface area contributed by atoms with Crippen LogP contribution in [-0.2, 0) is 11.3 Å². The molecule has 0 radical (unpaired) electrons. The zero-order valence-electron chi connectivity index (χ0n) is 18.7. The molecule has 2 fully saturated rings. The Balaban J connectivity index is 1.79. The van der Waals surface area contributed by atoms with E-state index in [9.17, 15) is 28.3 Å². The van der Waals surface area contributed by atoms with Gasteiger partial charge in [0.25, 0.3) is 11.5 Å². The maximum absolute atomic E-state index is 13.5. The Morgan fingerprint density at radius 1 is 1.24 bits per heavy atom. The number of aromatic nitrogens is 3. The Morgan fingerprint density at radius 3 is 2.45 bits per heavy atom. The fourth-order valence-corrected chi connectivity index (χ4v) is 3.95. The van der Waals surface area contributed by atoms with E-state index < -0.39 is 35.6 Å². The average Bonchev–Trinajstić information content (AvgIpc) is 3.40.